The van der Waals surface area contributed by atoms with Crippen LogP contribution in [0.1, 0.15) is 15.2 Å². The van der Waals surface area contributed by atoms with E-state index in [1.54, 1.807) is 24.5 Å². The number of halogens is 1. The average molecular weight is 303 g/mol. The van der Waals surface area contributed by atoms with Crippen LogP contribution in [0.2, 0.25) is 5.02 Å². The number of fused-ring (bicyclic) bond motifs is 1. The van der Waals surface area contributed by atoms with E-state index in [9.17, 15) is 4.79 Å². The fraction of sp³-hybridized carbons (Fsp3) is 0.0667. The number of rotatable bonds is 2. The first-order chi connectivity index (χ1) is 9.66. The summed E-state index contributed by atoms with van der Waals surface area (Å²) in [7, 11) is 0. The Bertz CT molecular complexity index is 783. The Kier molecular flexibility index (Phi) is 3.42. The fourth-order valence-electron chi connectivity index (χ4n) is 2.04. The molecule has 20 heavy (non-hydrogen) atoms. The van der Waals surface area contributed by atoms with Crippen LogP contribution >= 0.6 is 22.9 Å². The summed E-state index contributed by atoms with van der Waals surface area (Å²) in [5.74, 6) is -0.193. The van der Waals surface area contributed by atoms with Gasteiger partial charge in [-0.15, -0.1) is 11.3 Å². The maximum Gasteiger partial charge on any atom is 0.267 e. The Morgan fingerprint density at radius 2 is 2.00 bits per heavy atom. The summed E-state index contributed by atoms with van der Waals surface area (Å²) in [5, 5.41) is 4.31. The molecule has 1 aromatic carbocycles. The van der Waals surface area contributed by atoms with Gasteiger partial charge in [-0.3, -0.25) is 9.78 Å². The third-order valence-electron chi connectivity index (χ3n) is 3.01. The molecule has 0 saturated carbocycles. The van der Waals surface area contributed by atoms with Crippen molar-refractivity contribution >= 4 is 44.6 Å². The number of aryl methyl sites for hydroxylation is 1. The number of nitrogens with zero attached hydrogens (tertiary/aromatic N) is 1. The molecule has 0 bridgehead atoms. The van der Waals surface area contributed by atoms with Gasteiger partial charge in [0.2, 0.25) is 0 Å². The first-order valence-electron chi connectivity index (χ1n) is 6.06. The van der Waals surface area contributed by atoms with E-state index in [2.05, 4.69) is 10.3 Å². The second-order valence-corrected chi connectivity index (χ2v) is 5.81. The molecule has 0 unspecified atom stereocenters. The third-order valence-corrected chi connectivity index (χ3v) is 4.65. The highest BCUT2D eigenvalue weighted by Gasteiger charge is 2.18. The molecule has 0 fully saturated rings. The highest BCUT2D eigenvalue weighted by molar-refractivity contribution is 7.21. The van der Waals surface area contributed by atoms with E-state index < -0.39 is 0 Å². The van der Waals surface area contributed by atoms with Crippen LogP contribution in [-0.2, 0) is 0 Å². The van der Waals surface area contributed by atoms with E-state index in [1.165, 1.54) is 11.3 Å². The van der Waals surface area contributed by atoms with Crippen molar-refractivity contribution in [1.82, 2.24) is 4.98 Å². The number of nitrogens with one attached hydrogen (secondary N) is 1. The van der Waals surface area contributed by atoms with Crippen LogP contribution in [0.4, 0.5) is 5.69 Å². The highest BCUT2D eigenvalue weighted by Crippen LogP contribution is 2.37. The lowest BCUT2D eigenvalue weighted by Crippen LogP contribution is -2.10. The zero-order valence-corrected chi connectivity index (χ0v) is 12.3. The number of thiophene rings is 1. The summed E-state index contributed by atoms with van der Waals surface area (Å²) < 4.78 is 1.02. The molecule has 0 spiro atoms. The van der Waals surface area contributed by atoms with Gasteiger partial charge in [0, 0.05) is 28.2 Å². The van der Waals surface area contributed by atoms with Gasteiger partial charge >= 0.3 is 0 Å². The van der Waals surface area contributed by atoms with Crippen molar-refractivity contribution in [2.24, 2.45) is 0 Å². The molecule has 100 valence electrons. The van der Waals surface area contributed by atoms with Gasteiger partial charge in [0.25, 0.3) is 5.91 Å². The minimum Gasteiger partial charge on any atom is -0.321 e. The van der Waals surface area contributed by atoms with Crippen molar-refractivity contribution in [1.29, 1.82) is 0 Å². The minimum absolute atomic E-state index is 0.193. The molecule has 0 atom stereocenters. The third kappa shape index (κ3) is 2.28. The molecular weight excluding hydrogens is 292 g/mol. The second-order valence-electron chi connectivity index (χ2n) is 4.38. The van der Waals surface area contributed by atoms with Crippen LogP contribution in [0.5, 0.6) is 0 Å². The molecule has 0 saturated heterocycles. The summed E-state index contributed by atoms with van der Waals surface area (Å²) >= 11 is 7.77. The van der Waals surface area contributed by atoms with E-state index in [1.807, 2.05) is 25.1 Å². The smallest absolute Gasteiger partial charge is 0.267 e. The van der Waals surface area contributed by atoms with E-state index in [0.29, 0.717) is 15.6 Å². The summed E-state index contributed by atoms with van der Waals surface area (Å²) in [6.07, 6.45) is 3.26. The Labute approximate surface area is 125 Å². The van der Waals surface area contributed by atoms with Crippen LogP contribution in [0.15, 0.2) is 42.7 Å². The van der Waals surface area contributed by atoms with E-state index >= 15 is 0 Å². The Balaban J connectivity index is 2.00. The summed E-state index contributed by atoms with van der Waals surface area (Å²) in [4.78, 5) is 16.8. The largest absolute Gasteiger partial charge is 0.321 e. The molecule has 2 aromatic heterocycles. The summed E-state index contributed by atoms with van der Waals surface area (Å²) in [6, 6.07) is 9.41. The average Bonchev–Trinajstić information content (AvgIpc) is 2.79. The topological polar surface area (TPSA) is 42.0 Å². The monoisotopic (exact) mass is 302 g/mol. The van der Waals surface area contributed by atoms with Gasteiger partial charge in [0.05, 0.1) is 5.02 Å². The van der Waals surface area contributed by atoms with Crippen molar-refractivity contribution in [2.75, 3.05) is 5.32 Å². The van der Waals surface area contributed by atoms with Crippen molar-refractivity contribution < 1.29 is 4.79 Å². The molecule has 0 aliphatic carbocycles. The standard InChI is InChI=1S/C15H11ClN2OS/c1-9-3-2-4-11-12(9)13(16)14(20-11)15(19)18-10-5-7-17-8-6-10/h2-8H,1H3,(H,17,18,19). The van der Waals surface area contributed by atoms with E-state index in [4.69, 9.17) is 11.6 Å². The minimum atomic E-state index is -0.193. The van der Waals surface area contributed by atoms with Gasteiger partial charge in [-0.2, -0.15) is 0 Å². The summed E-state index contributed by atoms with van der Waals surface area (Å²) in [5.41, 5.74) is 1.78. The molecule has 0 aliphatic rings. The predicted molar refractivity (Wildman–Crippen MR) is 83.8 cm³/mol. The zero-order valence-electron chi connectivity index (χ0n) is 10.7. The van der Waals surface area contributed by atoms with Crippen LogP contribution in [0, 0.1) is 6.92 Å². The molecule has 3 nitrogen and oxygen atoms in total. The first-order valence-corrected chi connectivity index (χ1v) is 7.25. The molecule has 1 N–H and O–H groups in total. The molecule has 3 rings (SSSR count). The number of carbonyl (C=O) groups is 1. The van der Waals surface area contributed by atoms with Gasteiger partial charge in [0.15, 0.2) is 0 Å². The van der Waals surface area contributed by atoms with Gasteiger partial charge < -0.3 is 5.32 Å². The number of anilines is 1. The lowest BCUT2D eigenvalue weighted by molar-refractivity contribution is 0.103. The number of hydrogen-bond donors (Lipinski definition) is 1. The highest BCUT2D eigenvalue weighted by atomic mass is 35.5. The fourth-order valence-corrected chi connectivity index (χ4v) is 3.62. The van der Waals surface area contributed by atoms with E-state index in [0.717, 1.165) is 15.6 Å². The molecule has 2 heterocycles. The number of amides is 1. The number of carbonyl (C=O) groups excluding carboxylic acids is 1. The number of benzene rings is 1. The van der Waals surface area contributed by atoms with Gasteiger partial charge in [-0.1, -0.05) is 23.7 Å². The first kappa shape index (κ1) is 13.1. The number of aromatic nitrogens is 1. The van der Waals surface area contributed by atoms with Crippen LogP contribution < -0.4 is 5.32 Å². The summed E-state index contributed by atoms with van der Waals surface area (Å²) in [6.45, 7) is 1.99. The molecular formula is C15H11ClN2OS. The Hall–Kier alpha value is -1.91. The van der Waals surface area contributed by atoms with Gasteiger partial charge in [-0.25, -0.2) is 0 Å². The van der Waals surface area contributed by atoms with Crippen molar-refractivity contribution in [2.45, 2.75) is 6.92 Å². The zero-order chi connectivity index (χ0) is 14.1. The van der Waals surface area contributed by atoms with Crippen molar-refractivity contribution in [3.8, 4) is 0 Å². The van der Waals surface area contributed by atoms with Crippen molar-refractivity contribution in [3.63, 3.8) is 0 Å². The van der Waals surface area contributed by atoms with Gasteiger partial charge in [-0.05, 0) is 30.7 Å². The predicted octanol–water partition coefficient (Wildman–Crippen LogP) is 4.51. The second kappa shape index (κ2) is 5.23. The maximum absolute atomic E-state index is 12.3. The van der Waals surface area contributed by atoms with Gasteiger partial charge in [0.1, 0.15) is 4.88 Å². The van der Waals surface area contributed by atoms with Crippen LogP contribution in [0.3, 0.4) is 0 Å². The Morgan fingerprint density at radius 3 is 2.70 bits per heavy atom. The number of pyridine rings is 1. The molecule has 3 aromatic rings. The van der Waals surface area contributed by atoms with Crippen molar-refractivity contribution in [3.05, 3.63) is 58.2 Å². The number of hydrogen-bond acceptors (Lipinski definition) is 3. The Morgan fingerprint density at radius 1 is 1.25 bits per heavy atom. The molecule has 0 radical (unpaired) electrons. The molecule has 0 aliphatic heterocycles. The molecule has 1 amide bonds. The van der Waals surface area contributed by atoms with Crippen LogP contribution in [0.25, 0.3) is 10.1 Å². The quantitative estimate of drug-likeness (QED) is 0.756. The van der Waals surface area contributed by atoms with E-state index in [-0.39, 0.29) is 5.91 Å². The van der Waals surface area contributed by atoms with Crippen LogP contribution in [-0.4, -0.2) is 10.9 Å². The lowest BCUT2D eigenvalue weighted by Gasteiger charge is -2.03. The lowest BCUT2D eigenvalue weighted by atomic mass is 10.1. The molecule has 5 heteroatoms. The maximum atomic E-state index is 12.3. The SMILES string of the molecule is Cc1cccc2sc(C(=O)Nc3ccncc3)c(Cl)c12. The normalized spacial score (nSPS) is 10.7.